The molecule has 0 aliphatic carbocycles. The molecule has 0 fully saturated rings. The van der Waals surface area contributed by atoms with Crippen LogP contribution in [-0.2, 0) is 6.42 Å². The molecule has 0 aliphatic rings. The van der Waals surface area contributed by atoms with Gasteiger partial charge >= 0.3 is 0 Å². The molecular weight excluding hydrogens is 544 g/mol. The topological polar surface area (TPSA) is 57.8 Å². The average Bonchev–Trinajstić information content (AvgIpc) is 3.07. The van der Waals surface area contributed by atoms with Gasteiger partial charge in [-0.3, -0.25) is 4.79 Å². The first-order chi connectivity index (χ1) is 13.9. The summed E-state index contributed by atoms with van der Waals surface area (Å²) in [7, 11) is 0. The first-order valence-electron chi connectivity index (χ1n) is 8.58. The SMILES string of the molecule is O=C(Nc1ccc(I)cc1)c1cc2nc(Cc3c(Cl)cccc3Cl)[nH]c2cc1Cl. The number of aromatic amines is 1. The van der Waals surface area contributed by atoms with Crippen molar-refractivity contribution < 1.29 is 4.79 Å². The maximum Gasteiger partial charge on any atom is 0.257 e. The minimum atomic E-state index is -0.295. The number of anilines is 1. The summed E-state index contributed by atoms with van der Waals surface area (Å²) in [5.74, 6) is 0.387. The van der Waals surface area contributed by atoms with Crippen LogP contribution in [0.4, 0.5) is 5.69 Å². The highest BCUT2D eigenvalue weighted by molar-refractivity contribution is 14.1. The van der Waals surface area contributed by atoms with Gasteiger partial charge in [0.05, 0.1) is 21.6 Å². The van der Waals surface area contributed by atoms with Gasteiger partial charge in [0.1, 0.15) is 5.82 Å². The van der Waals surface area contributed by atoms with Crippen LogP contribution in [0.25, 0.3) is 11.0 Å². The molecule has 29 heavy (non-hydrogen) atoms. The molecule has 4 nitrogen and oxygen atoms in total. The zero-order chi connectivity index (χ0) is 20.5. The number of H-pyrrole nitrogens is 1. The molecule has 0 saturated heterocycles. The van der Waals surface area contributed by atoms with Crippen LogP contribution >= 0.6 is 57.4 Å². The van der Waals surface area contributed by atoms with Crippen LogP contribution in [0.1, 0.15) is 21.7 Å². The van der Waals surface area contributed by atoms with Crippen molar-refractivity contribution >= 4 is 80.0 Å². The van der Waals surface area contributed by atoms with Gasteiger partial charge < -0.3 is 10.3 Å². The first-order valence-corrected chi connectivity index (χ1v) is 10.8. The van der Waals surface area contributed by atoms with Crippen molar-refractivity contribution in [1.82, 2.24) is 9.97 Å². The van der Waals surface area contributed by atoms with E-state index in [9.17, 15) is 4.79 Å². The standard InChI is InChI=1S/C21H13Cl3IN3O/c22-15-2-1-3-16(23)13(15)9-20-27-18-8-14(17(24)10-19(18)28-20)21(29)26-12-6-4-11(25)5-7-12/h1-8,10H,9H2,(H,26,29)(H,27,28). The molecule has 3 aromatic carbocycles. The molecule has 8 heteroatoms. The van der Waals surface area contributed by atoms with Gasteiger partial charge in [0.25, 0.3) is 5.91 Å². The van der Waals surface area contributed by atoms with Crippen LogP contribution in [0.15, 0.2) is 54.6 Å². The molecule has 4 rings (SSSR count). The number of carbonyl (C=O) groups excluding carboxylic acids is 1. The summed E-state index contributed by atoms with van der Waals surface area (Å²) in [6, 6.07) is 16.3. The molecule has 1 aromatic heterocycles. The maximum atomic E-state index is 12.7. The summed E-state index contributed by atoms with van der Waals surface area (Å²) in [6.45, 7) is 0. The van der Waals surface area contributed by atoms with Crippen molar-refractivity contribution in [2.45, 2.75) is 6.42 Å². The highest BCUT2D eigenvalue weighted by Gasteiger charge is 2.15. The zero-order valence-corrected chi connectivity index (χ0v) is 19.2. The lowest BCUT2D eigenvalue weighted by atomic mass is 10.1. The van der Waals surface area contributed by atoms with Gasteiger partial charge in [-0.05, 0) is 76.7 Å². The number of halogens is 4. The molecule has 2 N–H and O–H groups in total. The van der Waals surface area contributed by atoms with Crippen LogP contribution in [-0.4, -0.2) is 15.9 Å². The monoisotopic (exact) mass is 555 g/mol. The summed E-state index contributed by atoms with van der Waals surface area (Å²) in [5, 5.41) is 4.35. The van der Waals surface area contributed by atoms with Gasteiger partial charge in [-0.1, -0.05) is 40.9 Å². The molecular formula is C21H13Cl3IN3O. The Balaban J connectivity index is 1.63. The largest absolute Gasteiger partial charge is 0.342 e. The Labute approximate surface area is 195 Å². The number of rotatable bonds is 4. The lowest BCUT2D eigenvalue weighted by Crippen LogP contribution is -2.12. The highest BCUT2D eigenvalue weighted by Crippen LogP contribution is 2.28. The summed E-state index contributed by atoms with van der Waals surface area (Å²) in [4.78, 5) is 20.5. The number of nitrogens with zero attached hydrogens (tertiary/aromatic N) is 1. The van der Waals surface area contributed by atoms with Gasteiger partial charge in [0, 0.05) is 25.7 Å². The van der Waals surface area contributed by atoms with E-state index in [0.29, 0.717) is 44.1 Å². The Kier molecular flexibility index (Phi) is 6.01. The van der Waals surface area contributed by atoms with E-state index in [0.717, 1.165) is 14.7 Å². The Hall–Kier alpha value is -1.80. The van der Waals surface area contributed by atoms with Crippen LogP contribution in [0.2, 0.25) is 15.1 Å². The van der Waals surface area contributed by atoms with E-state index in [1.54, 1.807) is 30.3 Å². The normalized spacial score (nSPS) is 11.0. The predicted octanol–water partition coefficient (Wildman–Crippen LogP) is 6.97. The summed E-state index contributed by atoms with van der Waals surface area (Å²) in [5.41, 5.74) is 3.21. The van der Waals surface area contributed by atoms with Gasteiger partial charge in [-0.15, -0.1) is 0 Å². The summed E-state index contributed by atoms with van der Waals surface area (Å²) < 4.78 is 1.09. The van der Waals surface area contributed by atoms with E-state index >= 15 is 0 Å². The molecule has 146 valence electrons. The quantitative estimate of drug-likeness (QED) is 0.267. The van der Waals surface area contributed by atoms with Crippen molar-refractivity contribution in [3.05, 3.63) is 90.2 Å². The lowest BCUT2D eigenvalue weighted by Gasteiger charge is -2.07. The maximum absolute atomic E-state index is 12.7. The molecule has 1 heterocycles. The van der Waals surface area contributed by atoms with Crippen LogP contribution in [0, 0.1) is 3.57 Å². The van der Waals surface area contributed by atoms with Gasteiger partial charge in [-0.2, -0.15) is 0 Å². The highest BCUT2D eigenvalue weighted by atomic mass is 127. The van der Waals surface area contributed by atoms with Gasteiger partial charge in [-0.25, -0.2) is 4.98 Å². The van der Waals surface area contributed by atoms with Crippen molar-refractivity contribution in [3.63, 3.8) is 0 Å². The van der Waals surface area contributed by atoms with E-state index in [1.807, 2.05) is 24.3 Å². The lowest BCUT2D eigenvalue weighted by molar-refractivity contribution is 0.102. The van der Waals surface area contributed by atoms with Crippen LogP contribution in [0.3, 0.4) is 0 Å². The minimum absolute atomic E-state index is 0.295. The molecule has 1 amide bonds. The summed E-state index contributed by atoms with van der Waals surface area (Å²) >= 11 is 21.1. The van der Waals surface area contributed by atoms with E-state index < -0.39 is 0 Å². The third-order valence-electron chi connectivity index (χ3n) is 4.37. The second-order valence-electron chi connectivity index (χ2n) is 6.37. The molecule has 0 unspecified atom stereocenters. The predicted molar refractivity (Wildman–Crippen MR) is 127 cm³/mol. The number of imidazole rings is 1. The van der Waals surface area contributed by atoms with Gasteiger partial charge in [0.2, 0.25) is 0 Å². The van der Waals surface area contributed by atoms with Gasteiger partial charge in [0.15, 0.2) is 0 Å². The molecule has 0 saturated carbocycles. The second-order valence-corrected chi connectivity index (χ2v) is 8.84. The van der Waals surface area contributed by atoms with Crippen LogP contribution in [0.5, 0.6) is 0 Å². The molecule has 4 aromatic rings. The smallest absolute Gasteiger partial charge is 0.257 e. The van der Waals surface area contributed by atoms with E-state index in [1.165, 1.54) is 0 Å². The number of nitrogens with one attached hydrogen (secondary N) is 2. The fourth-order valence-corrected chi connectivity index (χ4v) is 4.08. The number of amides is 1. The zero-order valence-electron chi connectivity index (χ0n) is 14.8. The fourth-order valence-electron chi connectivity index (χ4n) is 2.94. The molecule has 0 atom stereocenters. The third kappa shape index (κ3) is 4.53. The number of hydrogen-bond acceptors (Lipinski definition) is 2. The number of hydrogen-bond donors (Lipinski definition) is 2. The number of fused-ring (bicyclic) bond motifs is 1. The molecule has 0 spiro atoms. The van der Waals surface area contributed by atoms with Crippen molar-refractivity contribution in [1.29, 1.82) is 0 Å². The van der Waals surface area contributed by atoms with Crippen molar-refractivity contribution in [2.24, 2.45) is 0 Å². The van der Waals surface area contributed by atoms with Crippen molar-refractivity contribution in [3.8, 4) is 0 Å². The summed E-state index contributed by atoms with van der Waals surface area (Å²) in [6.07, 6.45) is 0.439. The molecule has 0 radical (unpaired) electrons. The van der Waals surface area contributed by atoms with E-state index in [-0.39, 0.29) is 5.91 Å². The molecule has 0 aliphatic heterocycles. The van der Waals surface area contributed by atoms with Crippen molar-refractivity contribution in [2.75, 3.05) is 5.32 Å². The fraction of sp³-hybridized carbons (Fsp3) is 0.0476. The third-order valence-corrected chi connectivity index (χ3v) is 6.11. The first kappa shape index (κ1) is 20.5. The van der Waals surface area contributed by atoms with Crippen LogP contribution < -0.4 is 5.32 Å². The average molecular weight is 557 g/mol. The number of carbonyl (C=O) groups is 1. The second kappa shape index (κ2) is 8.52. The Morgan fingerprint density at radius 3 is 2.38 bits per heavy atom. The molecule has 0 bridgehead atoms. The number of aromatic nitrogens is 2. The Morgan fingerprint density at radius 2 is 1.69 bits per heavy atom. The Morgan fingerprint density at radius 1 is 1.00 bits per heavy atom. The number of benzene rings is 3. The van der Waals surface area contributed by atoms with E-state index in [4.69, 9.17) is 34.8 Å². The Bertz CT molecular complexity index is 1200. The van der Waals surface area contributed by atoms with E-state index in [2.05, 4.69) is 37.9 Å². The minimum Gasteiger partial charge on any atom is -0.342 e.